The third-order valence-corrected chi connectivity index (χ3v) is 6.85. The number of hydrogen-bond acceptors (Lipinski definition) is 5. The van der Waals surface area contributed by atoms with Crippen LogP contribution in [0.4, 0.5) is 5.82 Å². The van der Waals surface area contributed by atoms with Crippen molar-refractivity contribution >= 4 is 45.4 Å². The maximum atomic E-state index is 11.1. The van der Waals surface area contributed by atoms with Gasteiger partial charge in [-0.3, -0.25) is 4.79 Å². The molecule has 4 rings (SSSR count). The third kappa shape index (κ3) is 3.35. The molecule has 2 aromatic heterocycles. The molecular formula is C21H23ClN4OS. The van der Waals surface area contributed by atoms with Gasteiger partial charge in [0.05, 0.1) is 5.39 Å². The molecule has 0 bridgehead atoms. The molecule has 1 aromatic carbocycles. The van der Waals surface area contributed by atoms with Crippen LogP contribution in [0.5, 0.6) is 0 Å². The Kier molecular flexibility index (Phi) is 5.25. The van der Waals surface area contributed by atoms with Gasteiger partial charge in [-0.05, 0) is 48.6 Å². The molecule has 3 heterocycles. The van der Waals surface area contributed by atoms with E-state index < -0.39 is 0 Å². The fourth-order valence-electron chi connectivity index (χ4n) is 3.72. The Morgan fingerprint density at radius 1 is 1.14 bits per heavy atom. The second-order valence-electron chi connectivity index (χ2n) is 7.18. The molecule has 1 aliphatic rings. The smallest absolute Gasteiger partial charge is 0.225 e. The number of halogens is 1. The lowest BCUT2D eigenvalue weighted by Gasteiger charge is -2.33. The zero-order valence-electron chi connectivity index (χ0n) is 16.3. The largest absolute Gasteiger partial charge is 0.352 e. The van der Waals surface area contributed by atoms with Crippen molar-refractivity contribution in [2.45, 2.75) is 27.2 Å². The number of piperazine rings is 1. The molecule has 3 aromatic rings. The minimum atomic E-state index is 0.274. The van der Waals surface area contributed by atoms with Crippen LogP contribution in [0.1, 0.15) is 22.9 Å². The number of aromatic nitrogens is 2. The van der Waals surface area contributed by atoms with Crippen molar-refractivity contribution in [3.8, 4) is 11.1 Å². The molecule has 1 amide bonds. The second kappa shape index (κ2) is 7.68. The molecule has 1 saturated heterocycles. The number of carbonyl (C=O) groups excluding carboxylic acids is 1. The van der Waals surface area contributed by atoms with Crippen LogP contribution in [0, 0.1) is 13.8 Å². The standard InChI is InChI=1S/C21H23ClN4OS/c1-4-16-17(15-6-5-13(2)14(3)11-15)18-19(23-21(22)24-20(18)28-16)26-9-7-25(12-27)8-10-26/h5-6,11-12H,4,7-10H2,1-3H3. The van der Waals surface area contributed by atoms with E-state index in [9.17, 15) is 4.79 Å². The van der Waals surface area contributed by atoms with Gasteiger partial charge in [0.2, 0.25) is 11.7 Å². The number of anilines is 1. The molecule has 0 radical (unpaired) electrons. The lowest BCUT2D eigenvalue weighted by molar-refractivity contribution is -0.118. The Balaban J connectivity index is 1.91. The molecule has 0 saturated carbocycles. The first-order chi connectivity index (χ1) is 13.5. The fourth-order valence-corrected chi connectivity index (χ4v) is 5.06. The maximum absolute atomic E-state index is 11.1. The predicted octanol–water partition coefficient (Wildman–Crippen LogP) is 4.47. The zero-order chi connectivity index (χ0) is 19.8. The summed E-state index contributed by atoms with van der Waals surface area (Å²) in [5, 5.41) is 1.35. The van der Waals surface area contributed by atoms with E-state index in [0.29, 0.717) is 13.1 Å². The van der Waals surface area contributed by atoms with E-state index in [1.54, 1.807) is 16.2 Å². The summed E-state index contributed by atoms with van der Waals surface area (Å²) in [6.07, 6.45) is 1.85. The van der Waals surface area contributed by atoms with Gasteiger partial charge in [-0.2, -0.15) is 4.98 Å². The minimum Gasteiger partial charge on any atom is -0.352 e. The first-order valence-electron chi connectivity index (χ1n) is 9.52. The van der Waals surface area contributed by atoms with Crippen LogP contribution in [-0.4, -0.2) is 47.5 Å². The molecule has 0 atom stereocenters. The Morgan fingerprint density at radius 3 is 2.54 bits per heavy atom. The van der Waals surface area contributed by atoms with Gasteiger partial charge in [-0.1, -0.05) is 25.1 Å². The molecule has 146 valence electrons. The first-order valence-corrected chi connectivity index (χ1v) is 10.7. The monoisotopic (exact) mass is 414 g/mol. The molecule has 1 fully saturated rings. The zero-order valence-corrected chi connectivity index (χ0v) is 17.9. The fraction of sp³-hybridized carbons (Fsp3) is 0.381. The average Bonchev–Trinajstić information content (AvgIpc) is 3.08. The van der Waals surface area contributed by atoms with Crippen LogP contribution in [0.2, 0.25) is 5.28 Å². The normalized spacial score (nSPS) is 14.7. The molecule has 0 unspecified atom stereocenters. The van der Waals surface area contributed by atoms with Gasteiger partial charge >= 0.3 is 0 Å². The van der Waals surface area contributed by atoms with E-state index in [2.05, 4.69) is 53.8 Å². The number of hydrogen-bond donors (Lipinski definition) is 0. The van der Waals surface area contributed by atoms with Crippen molar-refractivity contribution in [2.24, 2.45) is 0 Å². The van der Waals surface area contributed by atoms with Gasteiger partial charge in [-0.25, -0.2) is 4.98 Å². The topological polar surface area (TPSA) is 49.3 Å². The Labute approximate surface area is 174 Å². The van der Waals surface area contributed by atoms with Gasteiger partial charge in [0, 0.05) is 36.6 Å². The number of benzene rings is 1. The maximum Gasteiger partial charge on any atom is 0.225 e. The third-order valence-electron chi connectivity index (χ3n) is 5.46. The van der Waals surface area contributed by atoms with E-state index >= 15 is 0 Å². The van der Waals surface area contributed by atoms with Crippen LogP contribution < -0.4 is 4.90 Å². The van der Waals surface area contributed by atoms with Crippen LogP contribution in [-0.2, 0) is 11.2 Å². The van der Waals surface area contributed by atoms with Crippen LogP contribution in [0.3, 0.4) is 0 Å². The lowest BCUT2D eigenvalue weighted by Crippen LogP contribution is -2.46. The van der Waals surface area contributed by atoms with Gasteiger partial charge in [-0.15, -0.1) is 11.3 Å². The van der Waals surface area contributed by atoms with E-state index in [1.165, 1.54) is 27.1 Å². The highest BCUT2D eigenvalue weighted by molar-refractivity contribution is 7.19. The highest BCUT2D eigenvalue weighted by Crippen LogP contribution is 2.43. The van der Waals surface area contributed by atoms with Crippen molar-refractivity contribution in [2.75, 3.05) is 31.1 Å². The highest BCUT2D eigenvalue weighted by Gasteiger charge is 2.25. The molecule has 0 N–H and O–H groups in total. The minimum absolute atomic E-state index is 0.274. The van der Waals surface area contributed by atoms with Crippen molar-refractivity contribution < 1.29 is 4.79 Å². The van der Waals surface area contributed by atoms with E-state index in [0.717, 1.165) is 42.0 Å². The number of nitrogens with zero attached hydrogens (tertiary/aromatic N) is 4. The SMILES string of the molecule is CCc1sc2nc(Cl)nc(N3CCN(C=O)CC3)c2c1-c1ccc(C)c(C)c1. The lowest BCUT2D eigenvalue weighted by atomic mass is 9.98. The number of aryl methyl sites for hydroxylation is 3. The molecule has 5 nitrogen and oxygen atoms in total. The quantitative estimate of drug-likeness (QED) is 0.467. The number of amides is 1. The van der Waals surface area contributed by atoms with Crippen LogP contribution >= 0.6 is 22.9 Å². The van der Waals surface area contributed by atoms with Gasteiger partial charge in [0.25, 0.3) is 0 Å². The number of carbonyl (C=O) groups is 1. The Morgan fingerprint density at radius 2 is 1.89 bits per heavy atom. The van der Waals surface area contributed by atoms with E-state index in [1.807, 2.05) is 0 Å². The number of fused-ring (bicyclic) bond motifs is 1. The van der Waals surface area contributed by atoms with E-state index in [4.69, 9.17) is 11.6 Å². The van der Waals surface area contributed by atoms with E-state index in [-0.39, 0.29) is 5.28 Å². The molecule has 1 aliphatic heterocycles. The second-order valence-corrected chi connectivity index (χ2v) is 8.60. The summed E-state index contributed by atoms with van der Waals surface area (Å²) < 4.78 is 0. The van der Waals surface area contributed by atoms with Crippen molar-refractivity contribution in [1.29, 1.82) is 0 Å². The van der Waals surface area contributed by atoms with Gasteiger partial charge in [0.15, 0.2) is 0 Å². The summed E-state index contributed by atoms with van der Waals surface area (Å²) in [6.45, 7) is 9.31. The van der Waals surface area contributed by atoms with Crippen LogP contribution in [0.15, 0.2) is 18.2 Å². The van der Waals surface area contributed by atoms with Gasteiger partial charge in [0.1, 0.15) is 10.6 Å². The summed E-state index contributed by atoms with van der Waals surface area (Å²) in [5.41, 5.74) is 4.97. The molecular weight excluding hydrogens is 392 g/mol. The Bertz CT molecular complexity index is 1040. The highest BCUT2D eigenvalue weighted by atomic mass is 35.5. The van der Waals surface area contributed by atoms with Gasteiger partial charge < -0.3 is 9.80 Å². The molecule has 7 heteroatoms. The van der Waals surface area contributed by atoms with Crippen molar-refractivity contribution in [1.82, 2.24) is 14.9 Å². The van der Waals surface area contributed by atoms with Crippen LogP contribution in [0.25, 0.3) is 21.3 Å². The summed E-state index contributed by atoms with van der Waals surface area (Å²) in [5.74, 6) is 0.879. The molecule has 0 aliphatic carbocycles. The summed E-state index contributed by atoms with van der Waals surface area (Å²) in [4.78, 5) is 26.5. The number of thiophene rings is 1. The van der Waals surface area contributed by atoms with Crippen molar-refractivity contribution in [3.05, 3.63) is 39.5 Å². The Hall–Kier alpha value is -2.18. The number of rotatable bonds is 4. The predicted molar refractivity (Wildman–Crippen MR) is 117 cm³/mol. The summed E-state index contributed by atoms with van der Waals surface area (Å²) >= 11 is 7.98. The summed E-state index contributed by atoms with van der Waals surface area (Å²) in [7, 11) is 0. The molecule has 28 heavy (non-hydrogen) atoms. The summed E-state index contributed by atoms with van der Waals surface area (Å²) in [6, 6.07) is 6.61. The van der Waals surface area contributed by atoms with Crippen molar-refractivity contribution in [3.63, 3.8) is 0 Å². The first kappa shape index (κ1) is 19.2. The molecule has 0 spiro atoms. The average molecular weight is 415 g/mol.